The summed E-state index contributed by atoms with van der Waals surface area (Å²) in [4.78, 5) is 6.88. The third-order valence-electron chi connectivity index (χ3n) is 3.38. The highest BCUT2D eigenvalue weighted by Gasteiger charge is 2.39. The Hall–Kier alpha value is -1.03. The minimum absolute atomic E-state index is 0. The summed E-state index contributed by atoms with van der Waals surface area (Å²) in [7, 11) is 0. The number of piperidine rings is 1. The fourth-order valence-electron chi connectivity index (χ4n) is 2.22. The molecule has 1 aromatic heterocycles. The summed E-state index contributed by atoms with van der Waals surface area (Å²) < 4.78 is 63.2. The van der Waals surface area contributed by atoms with Gasteiger partial charge in [-0.25, -0.2) is 18.7 Å². The summed E-state index contributed by atoms with van der Waals surface area (Å²) in [5.74, 6) is -2.80. The Kier molecular flexibility index (Phi) is 6.08. The van der Waals surface area contributed by atoms with Crippen molar-refractivity contribution in [3.8, 4) is 0 Å². The lowest BCUT2D eigenvalue weighted by atomic mass is 9.90. The molecule has 0 aliphatic carbocycles. The van der Waals surface area contributed by atoms with Gasteiger partial charge in [0.1, 0.15) is 5.82 Å². The summed E-state index contributed by atoms with van der Waals surface area (Å²) in [6, 6.07) is -0.200. The molecule has 2 unspecified atom stereocenters. The van der Waals surface area contributed by atoms with Crippen LogP contribution in [0.1, 0.15) is 19.0 Å². The van der Waals surface area contributed by atoms with Gasteiger partial charge >= 0.3 is 6.18 Å². The van der Waals surface area contributed by atoms with Gasteiger partial charge in [-0.2, -0.15) is 13.2 Å². The number of alkyl halides is 5. The van der Waals surface area contributed by atoms with Crippen molar-refractivity contribution in [2.24, 2.45) is 5.92 Å². The molecule has 0 amide bonds. The molecule has 22 heavy (non-hydrogen) atoms. The summed E-state index contributed by atoms with van der Waals surface area (Å²) in [6.45, 7) is 1.59. The zero-order valence-electron chi connectivity index (χ0n) is 11.6. The van der Waals surface area contributed by atoms with E-state index in [0.717, 1.165) is 6.20 Å². The van der Waals surface area contributed by atoms with Crippen molar-refractivity contribution in [2.45, 2.75) is 31.5 Å². The molecular formula is C12H16BrF5N4. The van der Waals surface area contributed by atoms with E-state index in [9.17, 15) is 22.0 Å². The second-order valence-corrected chi connectivity index (χ2v) is 5.19. The molecule has 2 atom stereocenters. The van der Waals surface area contributed by atoms with Crippen LogP contribution in [0.3, 0.4) is 0 Å². The number of hydrogen-bond acceptors (Lipinski definition) is 4. The van der Waals surface area contributed by atoms with Crippen LogP contribution in [0, 0.1) is 5.92 Å². The second kappa shape index (κ2) is 7.03. The first-order valence-electron chi connectivity index (χ1n) is 6.42. The van der Waals surface area contributed by atoms with Crippen molar-refractivity contribution in [2.75, 3.05) is 18.4 Å². The molecule has 1 aliphatic heterocycles. The first kappa shape index (κ1) is 19.0. The highest BCUT2D eigenvalue weighted by molar-refractivity contribution is 8.93. The lowest BCUT2D eigenvalue weighted by Crippen LogP contribution is -2.52. The van der Waals surface area contributed by atoms with Crippen LogP contribution < -0.4 is 10.6 Å². The van der Waals surface area contributed by atoms with E-state index in [4.69, 9.17) is 0 Å². The fraction of sp³-hybridized carbons (Fsp3) is 0.667. The van der Waals surface area contributed by atoms with Crippen LogP contribution in [0.4, 0.5) is 27.8 Å². The molecule has 126 valence electrons. The molecule has 1 aromatic rings. The Morgan fingerprint density at radius 3 is 2.50 bits per heavy atom. The van der Waals surface area contributed by atoms with Crippen molar-refractivity contribution < 1.29 is 22.0 Å². The van der Waals surface area contributed by atoms with Gasteiger partial charge in [0.25, 0.3) is 5.92 Å². The third-order valence-corrected chi connectivity index (χ3v) is 3.38. The second-order valence-electron chi connectivity index (χ2n) is 5.19. The first-order valence-corrected chi connectivity index (χ1v) is 6.42. The van der Waals surface area contributed by atoms with E-state index in [1.165, 1.54) is 0 Å². The number of hydrogen-bond donors (Lipinski definition) is 2. The van der Waals surface area contributed by atoms with Crippen molar-refractivity contribution in [1.29, 1.82) is 0 Å². The third kappa shape index (κ3) is 5.01. The van der Waals surface area contributed by atoms with Crippen LogP contribution in [-0.4, -0.2) is 35.0 Å². The average molecular weight is 391 g/mol. The Morgan fingerprint density at radius 1 is 1.32 bits per heavy atom. The van der Waals surface area contributed by atoms with Crippen LogP contribution in [0.2, 0.25) is 0 Å². The molecule has 0 saturated carbocycles. The van der Waals surface area contributed by atoms with Gasteiger partial charge in [-0.05, 0) is 5.92 Å². The molecule has 0 spiro atoms. The van der Waals surface area contributed by atoms with Crippen LogP contribution in [0.25, 0.3) is 0 Å². The minimum Gasteiger partial charge on any atom is -0.367 e. The Labute approximate surface area is 134 Å². The number of anilines is 1. The van der Waals surface area contributed by atoms with E-state index in [1.54, 1.807) is 6.92 Å². The first-order chi connectivity index (χ1) is 9.67. The van der Waals surface area contributed by atoms with Gasteiger partial charge in [-0.3, -0.25) is 0 Å². The highest BCUT2D eigenvalue weighted by atomic mass is 79.9. The lowest BCUT2D eigenvalue weighted by Gasteiger charge is -2.35. The number of nitrogens with one attached hydrogen (secondary N) is 2. The zero-order valence-corrected chi connectivity index (χ0v) is 13.3. The van der Waals surface area contributed by atoms with E-state index in [1.807, 2.05) is 0 Å². The molecule has 0 bridgehead atoms. The van der Waals surface area contributed by atoms with Gasteiger partial charge in [0.2, 0.25) is 0 Å². The fourth-order valence-corrected chi connectivity index (χ4v) is 2.22. The predicted molar refractivity (Wildman–Crippen MR) is 76.4 cm³/mol. The Balaban J connectivity index is 0.00000242. The van der Waals surface area contributed by atoms with E-state index < -0.39 is 24.3 Å². The smallest absolute Gasteiger partial charge is 0.367 e. The molecule has 1 fully saturated rings. The highest BCUT2D eigenvalue weighted by Crippen LogP contribution is 2.29. The molecule has 4 nitrogen and oxygen atoms in total. The number of nitrogens with zero attached hydrogens (tertiary/aromatic N) is 2. The Bertz CT molecular complexity index is 479. The van der Waals surface area contributed by atoms with Crippen LogP contribution in [0.5, 0.6) is 0 Å². The van der Waals surface area contributed by atoms with Crippen LogP contribution in [-0.2, 0) is 6.18 Å². The maximum atomic E-state index is 13.1. The average Bonchev–Trinajstić information content (AvgIpc) is 2.36. The molecule has 2 N–H and O–H groups in total. The molecule has 0 radical (unpaired) electrons. The maximum absolute atomic E-state index is 13.1. The summed E-state index contributed by atoms with van der Waals surface area (Å²) in [6.07, 6.45) is -3.14. The van der Waals surface area contributed by atoms with Crippen molar-refractivity contribution >= 4 is 22.8 Å². The van der Waals surface area contributed by atoms with E-state index >= 15 is 0 Å². The number of halogens is 6. The topological polar surface area (TPSA) is 49.8 Å². The standard InChI is InChI=1S/C12H15F5N4.BrH/c1-7-2-11(13,14)6-21-8(7)3-19-10-5-18-9(4-20-10)12(15,16)17;/h4-5,7-8,21H,2-3,6H2,1H3,(H,19,20);1H. The Morgan fingerprint density at radius 2 is 2.00 bits per heavy atom. The predicted octanol–water partition coefficient (Wildman–Crippen LogP) is 3.12. The molecule has 2 rings (SSSR count). The lowest BCUT2D eigenvalue weighted by molar-refractivity contribution is -0.141. The number of rotatable bonds is 3. The van der Waals surface area contributed by atoms with Gasteiger partial charge < -0.3 is 10.6 Å². The number of aromatic nitrogens is 2. The molecule has 0 aromatic carbocycles. The molecule has 2 heterocycles. The van der Waals surface area contributed by atoms with Gasteiger partial charge in [-0.1, -0.05) is 6.92 Å². The van der Waals surface area contributed by atoms with E-state index in [0.29, 0.717) is 6.20 Å². The van der Waals surface area contributed by atoms with Crippen molar-refractivity contribution in [1.82, 2.24) is 15.3 Å². The maximum Gasteiger partial charge on any atom is 0.434 e. The molecule has 10 heteroatoms. The summed E-state index contributed by atoms with van der Waals surface area (Å²) in [5, 5.41) is 5.53. The minimum atomic E-state index is -4.53. The largest absolute Gasteiger partial charge is 0.434 e. The van der Waals surface area contributed by atoms with Gasteiger partial charge in [0, 0.05) is 19.0 Å². The van der Waals surface area contributed by atoms with Gasteiger partial charge in [0.15, 0.2) is 5.69 Å². The normalized spacial score (nSPS) is 24.5. The quantitative estimate of drug-likeness (QED) is 0.778. The van der Waals surface area contributed by atoms with E-state index in [-0.39, 0.29) is 47.7 Å². The SMILES string of the molecule is Br.CC1CC(F)(F)CNC1CNc1cnc(C(F)(F)F)cn1. The van der Waals surface area contributed by atoms with Crippen molar-refractivity contribution in [3.63, 3.8) is 0 Å². The van der Waals surface area contributed by atoms with Crippen LogP contribution >= 0.6 is 17.0 Å². The summed E-state index contributed by atoms with van der Waals surface area (Å²) >= 11 is 0. The van der Waals surface area contributed by atoms with Gasteiger partial charge in [-0.15, -0.1) is 17.0 Å². The van der Waals surface area contributed by atoms with E-state index in [2.05, 4.69) is 20.6 Å². The molecular weight excluding hydrogens is 375 g/mol. The molecule has 1 aliphatic rings. The molecule has 1 saturated heterocycles. The van der Waals surface area contributed by atoms with Crippen molar-refractivity contribution in [3.05, 3.63) is 18.1 Å². The van der Waals surface area contributed by atoms with Crippen LogP contribution in [0.15, 0.2) is 12.4 Å². The van der Waals surface area contributed by atoms with Gasteiger partial charge in [0.05, 0.1) is 18.9 Å². The summed E-state index contributed by atoms with van der Waals surface area (Å²) in [5.41, 5.74) is -1.07. The zero-order chi connectivity index (χ0) is 15.7. The monoisotopic (exact) mass is 390 g/mol.